The van der Waals surface area contributed by atoms with Crippen LogP contribution in [0.15, 0.2) is 0 Å². The van der Waals surface area contributed by atoms with Crippen LogP contribution in [0.3, 0.4) is 0 Å². The van der Waals surface area contributed by atoms with E-state index < -0.39 is 23.6 Å². The molecule has 3 atom stereocenters. The fraction of sp³-hybridized carbons (Fsp3) is 0.769. The van der Waals surface area contributed by atoms with E-state index in [0.29, 0.717) is 32.4 Å². The summed E-state index contributed by atoms with van der Waals surface area (Å²) in [5, 5.41) is 11.5. The number of hydrogen-bond donors (Lipinski definition) is 2. The number of ether oxygens (including phenoxy) is 1. The maximum atomic E-state index is 12.3. The summed E-state index contributed by atoms with van der Waals surface area (Å²) in [7, 11) is 1.58. The van der Waals surface area contributed by atoms with Crippen LogP contribution in [0.1, 0.15) is 26.2 Å². The van der Waals surface area contributed by atoms with E-state index in [1.165, 1.54) is 0 Å². The first kappa shape index (κ1) is 14.8. The molecule has 20 heavy (non-hydrogen) atoms. The van der Waals surface area contributed by atoms with E-state index in [-0.39, 0.29) is 11.8 Å². The zero-order valence-electron chi connectivity index (χ0n) is 11.7. The van der Waals surface area contributed by atoms with Crippen LogP contribution in [-0.4, -0.2) is 60.1 Å². The van der Waals surface area contributed by atoms with Crippen molar-refractivity contribution >= 4 is 17.8 Å². The SMILES string of the molecule is CNC(=O)C1(C)CCN(C(=O)C2CCC(C(=O)O)O2)C1. The molecule has 2 saturated heterocycles. The largest absolute Gasteiger partial charge is 0.479 e. The summed E-state index contributed by atoms with van der Waals surface area (Å²) in [6, 6.07) is 0. The van der Waals surface area contributed by atoms with Gasteiger partial charge in [0, 0.05) is 20.1 Å². The van der Waals surface area contributed by atoms with Crippen molar-refractivity contribution in [3.63, 3.8) is 0 Å². The predicted molar refractivity (Wildman–Crippen MR) is 68.9 cm³/mol. The first-order chi connectivity index (χ1) is 9.37. The number of amides is 2. The van der Waals surface area contributed by atoms with Gasteiger partial charge < -0.3 is 20.1 Å². The Morgan fingerprint density at radius 3 is 2.50 bits per heavy atom. The van der Waals surface area contributed by atoms with Gasteiger partial charge in [-0.3, -0.25) is 9.59 Å². The van der Waals surface area contributed by atoms with Gasteiger partial charge in [-0.25, -0.2) is 4.79 Å². The number of carboxylic acids is 1. The second-order valence-electron chi connectivity index (χ2n) is 5.68. The summed E-state index contributed by atoms with van der Waals surface area (Å²) in [4.78, 5) is 36.5. The van der Waals surface area contributed by atoms with Crippen molar-refractivity contribution in [3.05, 3.63) is 0 Å². The molecule has 2 fully saturated rings. The van der Waals surface area contributed by atoms with Gasteiger partial charge >= 0.3 is 5.97 Å². The summed E-state index contributed by atoms with van der Waals surface area (Å²) in [5.74, 6) is -1.32. The van der Waals surface area contributed by atoms with Crippen LogP contribution in [0.5, 0.6) is 0 Å². The Bertz CT molecular complexity index is 438. The fourth-order valence-corrected chi connectivity index (χ4v) is 2.84. The minimum Gasteiger partial charge on any atom is -0.479 e. The summed E-state index contributed by atoms with van der Waals surface area (Å²) in [6.07, 6.45) is -0.206. The number of carbonyl (C=O) groups is 3. The maximum absolute atomic E-state index is 12.3. The Labute approximate surface area is 117 Å². The van der Waals surface area contributed by atoms with Crippen LogP contribution >= 0.6 is 0 Å². The van der Waals surface area contributed by atoms with Gasteiger partial charge in [0.05, 0.1) is 5.41 Å². The maximum Gasteiger partial charge on any atom is 0.332 e. The van der Waals surface area contributed by atoms with Gasteiger partial charge in [0.2, 0.25) is 5.91 Å². The van der Waals surface area contributed by atoms with Crippen molar-refractivity contribution in [2.75, 3.05) is 20.1 Å². The van der Waals surface area contributed by atoms with Crippen molar-refractivity contribution in [3.8, 4) is 0 Å². The second kappa shape index (κ2) is 5.40. The normalized spacial score (nSPS) is 33.2. The zero-order chi connectivity index (χ0) is 14.9. The van der Waals surface area contributed by atoms with Gasteiger partial charge in [-0.05, 0) is 26.2 Å². The van der Waals surface area contributed by atoms with Gasteiger partial charge in [-0.1, -0.05) is 0 Å². The van der Waals surface area contributed by atoms with Crippen molar-refractivity contribution in [1.82, 2.24) is 10.2 Å². The molecule has 0 aromatic heterocycles. The number of nitrogens with one attached hydrogen (secondary N) is 1. The Hall–Kier alpha value is -1.63. The monoisotopic (exact) mass is 284 g/mol. The summed E-state index contributed by atoms with van der Waals surface area (Å²) >= 11 is 0. The highest BCUT2D eigenvalue weighted by Gasteiger charge is 2.44. The van der Waals surface area contributed by atoms with Gasteiger partial charge in [0.15, 0.2) is 6.10 Å². The summed E-state index contributed by atoms with van der Waals surface area (Å²) < 4.78 is 5.26. The molecule has 0 spiro atoms. The Kier molecular flexibility index (Phi) is 3.99. The number of aliphatic carboxylic acids is 1. The van der Waals surface area contributed by atoms with Crippen molar-refractivity contribution in [2.24, 2.45) is 5.41 Å². The van der Waals surface area contributed by atoms with Crippen LogP contribution in [-0.2, 0) is 19.1 Å². The molecule has 3 unspecified atom stereocenters. The highest BCUT2D eigenvalue weighted by atomic mass is 16.5. The van der Waals surface area contributed by atoms with E-state index in [1.54, 1.807) is 11.9 Å². The Morgan fingerprint density at radius 2 is 1.95 bits per heavy atom. The first-order valence-electron chi connectivity index (χ1n) is 6.76. The molecular formula is C13H20N2O5. The van der Waals surface area contributed by atoms with Crippen molar-refractivity contribution < 1.29 is 24.2 Å². The van der Waals surface area contributed by atoms with Gasteiger partial charge in [0.25, 0.3) is 5.91 Å². The molecule has 0 aromatic carbocycles. The molecule has 7 heteroatoms. The molecule has 2 N–H and O–H groups in total. The van der Waals surface area contributed by atoms with E-state index in [4.69, 9.17) is 9.84 Å². The molecule has 0 aromatic rings. The molecule has 0 radical (unpaired) electrons. The molecule has 2 amide bonds. The van der Waals surface area contributed by atoms with Crippen LogP contribution in [0.2, 0.25) is 0 Å². The van der Waals surface area contributed by atoms with Crippen molar-refractivity contribution in [2.45, 2.75) is 38.4 Å². The topological polar surface area (TPSA) is 95.9 Å². The lowest BCUT2D eigenvalue weighted by Crippen LogP contribution is -2.43. The lowest BCUT2D eigenvalue weighted by molar-refractivity contribution is -0.154. The second-order valence-corrected chi connectivity index (χ2v) is 5.68. The van der Waals surface area contributed by atoms with Crippen LogP contribution in [0.4, 0.5) is 0 Å². The molecule has 7 nitrogen and oxygen atoms in total. The molecule has 2 aliphatic rings. The number of carboxylic acid groups (broad SMARTS) is 1. The quantitative estimate of drug-likeness (QED) is 0.735. The molecule has 2 aliphatic heterocycles. The van der Waals surface area contributed by atoms with Crippen molar-refractivity contribution in [1.29, 1.82) is 0 Å². The lowest BCUT2D eigenvalue weighted by atomic mass is 9.89. The first-order valence-corrected chi connectivity index (χ1v) is 6.76. The highest BCUT2D eigenvalue weighted by Crippen LogP contribution is 2.32. The molecule has 112 valence electrons. The molecule has 0 saturated carbocycles. The number of carbonyl (C=O) groups excluding carboxylic acids is 2. The highest BCUT2D eigenvalue weighted by molar-refractivity contribution is 5.86. The standard InChI is InChI=1S/C13H20N2O5/c1-13(12(19)14-2)5-6-15(7-13)10(16)8-3-4-9(20-8)11(17)18/h8-9H,3-7H2,1-2H3,(H,14,19)(H,17,18). The van der Waals surface area contributed by atoms with E-state index in [0.717, 1.165) is 0 Å². The fourth-order valence-electron chi connectivity index (χ4n) is 2.84. The molecule has 0 bridgehead atoms. The van der Waals surface area contributed by atoms with E-state index in [1.807, 2.05) is 6.92 Å². The number of rotatable bonds is 3. The zero-order valence-corrected chi connectivity index (χ0v) is 11.7. The molecule has 2 rings (SSSR count). The minimum absolute atomic E-state index is 0.0800. The number of nitrogens with zero attached hydrogens (tertiary/aromatic N) is 1. The smallest absolute Gasteiger partial charge is 0.332 e. The summed E-state index contributed by atoms with van der Waals surface area (Å²) in [5.41, 5.74) is -0.574. The third kappa shape index (κ3) is 2.63. The van der Waals surface area contributed by atoms with Crippen LogP contribution in [0.25, 0.3) is 0 Å². The average Bonchev–Trinajstić information content (AvgIpc) is 3.04. The number of likely N-dealkylation sites (tertiary alicyclic amines) is 1. The molecule has 2 heterocycles. The number of hydrogen-bond acceptors (Lipinski definition) is 4. The lowest BCUT2D eigenvalue weighted by Gasteiger charge is -2.24. The molecule has 0 aliphatic carbocycles. The predicted octanol–water partition coefficient (Wildman–Crippen LogP) is -0.397. The average molecular weight is 284 g/mol. The Morgan fingerprint density at radius 1 is 1.30 bits per heavy atom. The third-order valence-electron chi connectivity index (χ3n) is 4.13. The van der Waals surface area contributed by atoms with E-state index in [9.17, 15) is 14.4 Å². The van der Waals surface area contributed by atoms with E-state index in [2.05, 4.69) is 5.32 Å². The van der Waals surface area contributed by atoms with Gasteiger partial charge in [0.1, 0.15) is 6.10 Å². The van der Waals surface area contributed by atoms with Gasteiger partial charge in [-0.2, -0.15) is 0 Å². The molecular weight excluding hydrogens is 264 g/mol. The summed E-state index contributed by atoms with van der Waals surface area (Å²) in [6.45, 7) is 2.68. The Balaban J connectivity index is 1.95. The third-order valence-corrected chi connectivity index (χ3v) is 4.13. The van der Waals surface area contributed by atoms with Crippen LogP contribution < -0.4 is 5.32 Å². The minimum atomic E-state index is -1.03. The van der Waals surface area contributed by atoms with E-state index >= 15 is 0 Å². The van der Waals surface area contributed by atoms with Crippen LogP contribution in [0, 0.1) is 5.41 Å². The van der Waals surface area contributed by atoms with Gasteiger partial charge in [-0.15, -0.1) is 0 Å².